The molecule has 1 aliphatic rings. The zero-order valence-corrected chi connectivity index (χ0v) is 26.5. The number of halogens is 4. The first-order chi connectivity index (χ1) is 22.5. The normalized spacial score (nSPS) is 13.0. The maximum atomic E-state index is 13.5. The summed E-state index contributed by atoms with van der Waals surface area (Å²) < 4.78 is 56.5. The number of hydrogen-bond donors (Lipinski definition) is 0. The molecular weight excluding hydrogens is 630 g/mol. The fourth-order valence-corrected chi connectivity index (χ4v) is 6.43. The fraction of sp³-hybridized carbons (Fsp3) is 0.265. The van der Waals surface area contributed by atoms with Crippen molar-refractivity contribution >= 4 is 18.0 Å². The molecule has 0 N–H and O–H groups in total. The second kappa shape index (κ2) is 13.5. The number of fused-ring (bicyclic) bond motifs is 1. The number of nitrogens with zero attached hydrogens (tertiary/aromatic N) is 7. The molecule has 0 fully saturated rings. The zero-order chi connectivity index (χ0) is 33.1. The van der Waals surface area contributed by atoms with Gasteiger partial charge in [-0.15, -0.1) is 10.2 Å². The molecule has 5 aromatic rings. The molecule has 242 valence electrons. The van der Waals surface area contributed by atoms with Gasteiger partial charge in [0, 0.05) is 31.1 Å². The van der Waals surface area contributed by atoms with Crippen LogP contribution >= 0.6 is 11.8 Å². The Balaban J connectivity index is 1.31. The van der Waals surface area contributed by atoms with E-state index < -0.39 is 11.7 Å². The second-order valence-electron chi connectivity index (χ2n) is 11.4. The molecule has 0 radical (unpaired) electrons. The predicted octanol–water partition coefficient (Wildman–Crippen LogP) is 6.43. The molecule has 0 bridgehead atoms. The zero-order valence-electron chi connectivity index (χ0n) is 25.7. The molecule has 2 heterocycles. The Morgan fingerprint density at radius 2 is 1.53 bits per heavy atom. The first-order valence-corrected chi connectivity index (χ1v) is 15.9. The maximum absolute atomic E-state index is 13.5. The lowest BCUT2D eigenvalue weighted by Gasteiger charge is -2.18. The summed E-state index contributed by atoms with van der Waals surface area (Å²) in [6.07, 6.45) is -0.489. The topological polar surface area (TPSA) is 81.2 Å². The van der Waals surface area contributed by atoms with Crippen molar-refractivity contribution in [1.82, 2.24) is 29.3 Å². The summed E-state index contributed by atoms with van der Waals surface area (Å²) in [7, 11) is 3.61. The summed E-state index contributed by atoms with van der Waals surface area (Å²) in [5, 5.41) is 15.5. The van der Waals surface area contributed by atoms with Crippen LogP contribution in [0.25, 0.3) is 11.1 Å². The molecule has 2 aromatic heterocycles. The minimum absolute atomic E-state index is 0.219. The van der Waals surface area contributed by atoms with Crippen molar-refractivity contribution in [1.29, 1.82) is 0 Å². The van der Waals surface area contributed by atoms with Gasteiger partial charge in [-0.05, 0) is 65.8 Å². The second-order valence-corrected chi connectivity index (χ2v) is 12.3. The summed E-state index contributed by atoms with van der Waals surface area (Å²) in [4.78, 5) is 17.4. The lowest BCUT2D eigenvalue weighted by Crippen LogP contribution is -2.23. The average molecular weight is 662 g/mol. The minimum atomic E-state index is -4.39. The van der Waals surface area contributed by atoms with E-state index in [2.05, 4.69) is 20.3 Å². The van der Waals surface area contributed by atoms with Gasteiger partial charge in [0.1, 0.15) is 5.82 Å². The molecular formula is C34H31F4N7OS. The van der Waals surface area contributed by atoms with Crippen molar-refractivity contribution < 1.29 is 17.6 Å². The molecule has 0 saturated heterocycles. The van der Waals surface area contributed by atoms with Gasteiger partial charge in [0.15, 0.2) is 16.8 Å². The SMILES string of the molecule is CN(C)/N=C/c1nnc(Cn2c(SCc3ccc(F)cc3)nc(=O)c3c2CCC3)n1Cc1ccc(-c2ccc(C(F)(F)F)cc2)cc1. The highest BCUT2D eigenvalue weighted by Crippen LogP contribution is 2.31. The van der Waals surface area contributed by atoms with E-state index in [-0.39, 0.29) is 11.4 Å². The van der Waals surface area contributed by atoms with Crippen LogP contribution in [0.1, 0.15) is 46.0 Å². The van der Waals surface area contributed by atoms with Gasteiger partial charge in [-0.1, -0.05) is 60.3 Å². The number of hydrazone groups is 1. The number of aromatic nitrogens is 5. The van der Waals surface area contributed by atoms with E-state index in [9.17, 15) is 22.4 Å². The van der Waals surface area contributed by atoms with E-state index >= 15 is 0 Å². The van der Waals surface area contributed by atoms with Crippen LogP contribution in [0.2, 0.25) is 0 Å². The van der Waals surface area contributed by atoms with Crippen LogP contribution in [0.4, 0.5) is 17.6 Å². The highest BCUT2D eigenvalue weighted by molar-refractivity contribution is 7.98. The van der Waals surface area contributed by atoms with E-state index in [1.54, 1.807) is 37.5 Å². The van der Waals surface area contributed by atoms with Gasteiger partial charge in [-0.2, -0.15) is 23.3 Å². The van der Waals surface area contributed by atoms with Crippen LogP contribution in [-0.2, 0) is 37.9 Å². The molecule has 13 heteroatoms. The first kappa shape index (κ1) is 32.2. The Bertz CT molecular complexity index is 1950. The number of thioether (sulfide) groups is 1. The van der Waals surface area contributed by atoms with Crippen LogP contribution in [0.5, 0.6) is 0 Å². The maximum Gasteiger partial charge on any atom is 0.416 e. The molecule has 0 amide bonds. The van der Waals surface area contributed by atoms with Crippen molar-refractivity contribution in [2.75, 3.05) is 14.1 Å². The Morgan fingerprint density at radius 3 is 2.19 bits per heavy atom. The molecule has 47 heavy (non-hydrogen) atoms. The summed E-state index contributed by atoms with van der Waals surface area (Å²) >= 11 is 1.41. The Kier molecular flexibility index (Phi) is 9.26. The van der Waals surface area contributed by atoms with Crippen molar-refractivity contribution in [3.05, 3.63) is 129 Å². The van der Waals surface area contributed by atoms with E-state index in [4.69, 9.17) is 0 Å². The highest BCUT2D eigenvalue weighted by atomic mass is 32.2. The van der Waals surface area contributed by atoms with E-state index in [1.807, 2.05) is 33.4 Å². The van der Waals surface area contributed by atoms with E-state index in [1.165, 1.54) is 36.0 Å². The minimum Gasteiger partial charge on any atom is -0.316 e. The van der Waals surface area contributed by atoms with Crippen LogP contribution in [0, 0.1) is 5.82 Å². The van der Waals surface area contributed by atoms with Gasteiger partial charge in [0.25, 0.3) is 5.56 Å². The van der Waals surface area contributed by atoms with Gasteiger partial charge in [0.05, 0.1) is 24.9 Å². The monoisotopic (exact) mass is 661 g/mol. The van der Waals surface area contributed by atoms with Crippen LogP contribution in [0.15, 0.2) is 87.8 Å². The molecule has 3 aromatic carbocycles. The van der Waals surface area contributed by atoms with E-state index in [0.29, 0.717) is 47.6 Å². The summed E-state index contributed by atoms with van der Waals surface area (Å²) in [5.74, 6) is 1.37. The lowest BCUT2D eigenvalue weighted by molar-refractivity contribution is -0.137. The third kappa shape index (κ3) is 7.46. The quantitative estimate of drug-likeness (QED) is 0.0564. The van der Waals surface area contributed by atoms with Gasteiger partial charge in [-0.25, -0.2) is 4.39 Å². The Labute approximate surface area is 272 Å². The first-order valence-electron chi connectivity index (χ1n) is 14.9. The van der Waals surface area contributed by atoms with Gasteiger partial charge in [0.2, 0.25) is 0 Å². The standard InChI is InChI=1S/C34H31F4N7OS/c1-43(2)39-18-30-41-42-31(45(30)19-22-6-10-24(11-7-22)25-12-14-26(15-13-25)34(36,37)38)20-44-29-5-3-4-28(29)32(46)40-33(44)47-21-23-8-16-27(35)17-9-23/h6-18H,3-5,19-21H2,1-2H3/b39-18+. The van der Waals surface area contributed by atoms with Gasteiger partial charge >= 0.3 is 6.18 Å². The third-order valence-corrected chi connectivity index (χ3v) is 8.93. The third-order valence-electron chi connectivity index (χ3n) is 7.88. The average Bonchev–Trinajstić information content (AvgIpc) is 3.69. The van der Waals surface area contributed by atoms with Crippen molar-refractivity contribution in [2.45, 2.75) is 49.4 Å². The fourth-order valence-electron chi connectivity index (χ4n) is 5.47. The van der Waals surface area contributed by atoms with E-state index in [0.717, 1.165) is 52.9 Å². The molecule has 6 rings (SSSR count). The lowest BCUT2D eigenvalue weighted by atomic mass is 10.0. The van der Waals surface area contributed by atoms with Crippen LogP contribution < -0.4 is 5.56 Å². The van der Waals surface area contributed by atoms with Crippen molar-refractivity contribution in [2.24, 2.45) is 5.10 Å². The summed E-state index contributed by atoms with van der Waals surface area (Å²) in [6.45, 7) is 0.714. The highest BCUT2D eigenvalue weighted by Gasteiger charge is 2.30. The van der Waals surface area contributed by atoms with Crippen LogP contribution in [0.3, 0.4) is 0 Å². The number of hydrogen-bond acceptors (Lipinski definition) is 7. The Morgan fingerprint density at radius 1 is 0.872 bits per heavy atom. The summed E-state index contributed by atoms with van der Waals surface area (Å²) in [5.41, 5.74) is 4.05. The summed E-state index contributed by atoms with van der Waals surface area (Å²) in [6, 6.07) is 18.9. The molecule has 8 nitrogen and oxygen atoms in total. The molecule has 1 aliphatic carbocycles. The van der Waals surface area contributed by atoms with Crippen LogP contribution in [-0.4, -0.2) is 49.6 Å². The molecule has 0 aliphatic heterocycles. The largest absolute Gasteiger partial charge is 0.416 e. The number of benzene rings is 3. The molecule has 0 atom stereocenters. The van der Waals surface area contributed by atoms with Crippen molar-refractivity contribution in [3.8, 4) is 11.1 Å². The molecule has 0 saturated carbocycles. The Hall–Kier alpha value is -4.78. The molecule has 0 unspecified atom stereocenters. The predicted molar refractivity (Wildman–Crippen MR) is 173 cm³/mol. The van der Waals surface area contributed by atoms with Crippen molar-refractivity contribution in [3.63, 3.8) is 0 Å². The number of rotatable bonds is 10. The van der Waals surface area contributed by atoms with Gasteiger partial charge in [-0.3, -0.25) is 4.79 Å². The van der Waals surface area contributed by atoms with Gasteiger partial charge < -0.3 is 14.1 Å². The smallest absolute Gasteiger partial charge is 0.316 e. The molecule has 0 spiro atoms. The number of alkyl halides is 3.